The highest BCUT2D eigenvalue weighted by Gasteiger charge is 2.31. The van der Waals surface area contributed by atoms with Gasteiger partial charge in [-0.25, -0.2) is 9.98 Å². The molecule has 0 spiro atoms. The van der Waals surface area contributed by atoms with E-state index in [0.717, 1.165) is 67.3 Å². The van der Waals surface area contributed by atoms with Crippen molar-refractivity contribution in [1.82, 2.24) is 14.8 Å². The zero-order chi connectivity index (χ0) is 23.7. The van der Waals surface area contributed by atoms with Crippen LogP contribution in [0.15, 0.2) is 4.99 Å². The summed E-state index contributed by atoms with van der Waals surface area (Å²) in [5.74, 6) is 1.14. The van der Waals surface area contributed by atoms with Crippen LogP contribution in [0.2, 0.25) is 0 Å². The lowest BCUT2D eigenvalue weighted by Crippen LogP contribution is -2.41. The van der Waals surface area contributed by atoms with Crippen LogP contribution >= 0.6 is 11.3 Å². The van der Waals surface area contributed by atoms with Crippen molar-refractivity contribution in [3.8, 4) is 0 Å². The predicted octanol–water partition coefficient (Wildman–Crippen LogP) is 4.49. The van der Waals surface area contributed by atoms with E-state index in [1.807, 2.05) is 23.9 Å². The third-order valence-corrected chi connectivity index (χ3v) is 7.44. The van der Waals surface area contributed by atoms with Gasteiger partial charge in [0.05, 0.1) is 25.2 Å². The van der Waals surface area contributed by atoms with Crippen molar-refractivity contribution in [1.29, 1.82) is 0 Å². The van der Waals surface area contributed by atoms with Crippen molar-refractivity contribution in [3.63, 3.8) is 0 Å². The number of anilines is 1. The average molecular weight is 472 g/mol. The smallest absolute Gasteiger partial charge is 0.266 e. The number of hydrogen-bond acceptors (Lipinski definition) is 6. The Hall–Kier alpha value is -2.19. The van der Waals surface area contributed by atoms with E-state index in [-0.39, 0.29) is 18.0 Å². The molecule has 2 aromatic rings. The first-order valence-corrected chi connectivity index (χ1v) is 13.0. The molecule has 8 heteroatoms. The molecular weight excluding hydrogens is 434 g/mol. The Morgan fingerprint density at radius 2 is 1.73 bits per heavy atom. The van der Waals surface area contributed by atoms with Gasteiger partial charge in [0.2, 0.25) is 0 Å². The van der Waals surface area contributed by atoms with Crippen LogP contribution in [0.4, 0.5) is 11.5 Å². The molecule has 3 heterocycles. The monoisotopic (exact) mass is 471 g/mol. The second-order valence-electron chi connectivity index (χ2n) is 9.77. The first kappa shape index (κ1) is 24.0. The number of aromatic nitrogens is 1. The maximum Gasteiger partial charge on any atom is 0.266 e. The molecule has 2 aliphatic rings. The van der Waals surface area contributed by atoms with Crippen molar-refractivity contribution < 1.29 is 9.53 Å². The number of aliphatic imine (C=N–C) groups is 1. The van der Waals surface area contributed by atoms with Crippen LogP contribution in [-0.4, -0.2) is 79.5 Å². The maximum absolute atomic E-state index is 13.8. The quantitative estimate of drug-likeness (QED) is 0.459. The van der Waals surface area contributed by atoms with Gasteiger partial charge in [0, 0.05) is 44.7 Å². The largest absolute Gasteiger partial charge is 0.378 e. The van der Waals surface area contributed by atoms with Gasteiger partial charge in [-0.1, -0.05) is 0 Å². The molecule has 33 heavy (non-hydrogen) atoms. The second kappa shape index (κ2) is 9.97. The Bertz CT molecular complexity index is 1030. The fraction of sp³-hybridized carbons (Fsp3) is 0.640. The first-order chi connectivity index (χ1) is 15.8. The standard InChI is InChI=1S/C25H37N5O2S/c1-16(2)30(17(3)4)25(31)22-21(26-15-28(5)6)20-18-9-7-8-10-19(18)23(27-24(20)33-22)29-11-13-32-14-12-29/h15-17H,7-14H2,1-6H3. The lowest BCUT2D eigenvalue weighted by Gasteiger charge is -2.31. The lowest BCUT2D eigenvalue weighted by molar-refractivity contribution is 0.0649. The molecule has 7 nitrogen and oxygen atoms in total. The summed E-state index contributed by atoms with van der Waals surface area (Å²) in [6.45, 7) is 11.5. The van der Waals surface area contributed by atoms with Crippen LogP contribution in [0.5, 0.6) is 0 Å². The number of morpholine rings is 1. The summed E-state index contributed by atoms with van der Waals surface area (Å²) < 4.78 is 5.59. The normalized spacial score (nSPS) is 16.8. The van der Waals surface area contributed by atoms with Crippen molar-refractivity contribution in [3.05, 3.63) is 16.0 Å². The molecule has 1 saturated heterocycles. The Morgan fingerprint density at radius 1 is 1.09 bits per heavy atom. The number of carbonyl (C=O) groups excluding carboxylic acids is 1. The molecule has 2 aromatic heterocycles. The van der Waals surface area contributed by atoms with Gasteiger partial charge in [-0.3, -0.25) is 4.79 Å². The summed E-state index contributed by atoms with van der Waals surface area (Å²) in [7, 11) is 3.91. The van der Waals surface area contributed by atoms with E-state index in [4.69, 9.17) is 14.7 Å². The van der Waals surface area contributed by atoms with Gasteiger partial charge >= 0.3 is 0 Å². The topological polar surface area (TPSA) is 61.3 Å². The zero-order valence-corrected chi connectivity index (χ0v) is 21.7. The summed E-state index contributed by atoms with van der Waals surface area (Å²) in [6, 6.07) is 0.221. The van der Waals surface area contributed by atoms with E-state index in [2.05, 4.69) is 32.6 Å². The predicted molar refractivity (Wildman–Crippen MR) is 138 cm³/mol. The molecule has 0 aromatic carbocycles. The number of rotatable bonds is 6. The molecule has 1 fully saturated rings. The van der Waals surface area contributed by atoms with Crippen LogP contribution in [0, 0.1) is 0 Å². The van der Waals surface area contributed by atoms with Crippen LogP contribution in [0.25, 0.3) is 10.2 Å². The molecule has 0 saturated carbocycles. The maximum atomic E-state index is 13.8. The number of nitrogens with zero attached hydrogens (tertiary/aromatic N) is 5. The number of ether oxygens (including phenoxy) is 1. The van der Waals surface area contributed by atoms with Crippen LogP contribution in [0.3, 0.4) is 0 Å². The Morgan fingerprint density at radius 3 is 2.33 bits per heavy atom. The van der Waals surface area contributed by atoms with Gasteiger partial charge < -0.3 is 19.4 Å². The Balaban J connectivity index is 1.95. The highest BCUT2D eigenvalue weighted by molar-refractivity contribution is 7.21. The third kappa shape index (κ3) is 4.73. The minimum absolute atomic E-state index is 0.0476. The van der Waals surface area contributed by atoms with E-state index >= 15 is 0 Å². The van der Waals surface area contributed by atoms with Gasteiger partial charge in [0.1, 0.15) is 15.5 Å². The van der Waals surface area contributed by atoms with Gasteiger partial charge in [-0.15, -0.1) is 11.3 Å². The summed E-state index contributed by atoms with van der Waals surface area (Å²) in [6.07, 6.45) is 6.19. The fourth-order valence-electron chi connectivity index (χ4n) is 5.01. The molecule has 4 rings (SSSR count). The molecular formula is C25H37N5O2S. The second-order valence-corrected chi connectivity index (χ2v) is 10.8. The van der Waals surface area contributed by atoms with Crippen LogP contribution in [-0.2, 0) is 17.6 Å². The van der Waals surface area contributed by atoms with E-state index in [9.17, 15) is 4.79 Å². The van der Waals surface area contributed by atoms with Crippen molar-refractivity contribution in [2.45, 2.75) is 65.5 Å². The van der Waals surface area contributed by atoms with Crippen molar-refractivity contribution in [2.24, 2.45) is 4.99 Å². The summed E-state index contributed by atoms with van der Waals surface area (Å²) in [5.41, 5.74) is 3.48. The number of pyridine rings is 1. The van der Waals surface area contributed by atoms with E-state index in [0.29, 0.717) is 4.88 Å². The highest BCUT2D eigenvalue weighted by Crippen LogP contribution is 2.45. The van der Waals surface area contributed by atoms with Crippen molar-refractivity contribution >= 4 is 45.3 Å². The zero-order valence-electron chi connectivity index (χ0n) is 20.8. The molecule has 0 bridgehead atoms. The lowest BCUT2D eigenvalue weighted by atomic mass is 9.89. The number of aryl methyl sites for hydroxylation is 1. The first-order valence-electron chi connectivity index (χ1n) is 12.1. The number of carbonyl (C=O) groups is 1. The SMILES string of the molecule is CC(C)N(C(=O)c1sc2nc(N3CCOCC3)c3c(c2c1N=CN(C)C)CCCC3)C(C)C. The molecule has 0 N–H and O–H groups in total. The number of hydrogen-bond donors (Lipinski definition) is 0. The van der Waals surface area contributed by atoms with E-state index < -0.39 is 0 Å². The molecule has 0 atom stereocenters. The van der Waals surface area contributed by atoms with E-state index in [1.165, 1.54) is 28.9 Å². The van der Waals surface area contributed by atoms with Crippen LogP contribution < -0.4 is 4.90 Å². The van der Waals surface area contributed by atoms with Gasteiger partial charge in [0.15, 0.2) is 0 Å². The average Bonchev–Trinajstić information content (AvgIpc) is 3.16. The van der Waals surface area contributed by atoms with Crippen molar-refractivity contribution in [2.75, 3.05) is 45.3 Å². The molecule has 1 amide bonds. The molecule has 1 aliphatic carbocycles. The minimum Gasteiger partial charge on any atom is -0.378 e. The van der Waals surface area contributed by atoms with E-state index in [1.54, 1.807) is 6.34 Å². The molecule has 0 radical (unpaired) electrons. The molecule has 0 unspecified atom stereocenters. The number of thiophene rings is 1. The van der Waals surface area contributed by atoms with Gasteiger partial charge in [-0.05, 0) is 64.5 Å². The molecule has 180 valence electrons. The summed E-state index contributed by atoms with van der Waals surface area (Å²) in [5, 5.41) is 1.08. The summed E-state index contributed by atoms with van der Waals surface area (Å²) >= 11 is 1.51. The van der Waals surface area contributed by atoms with Gasteiger partial charge in [0.25, 0.3) is 5.91 Å². The fourth-order valence-corrected chi connectivity index (χ4v) is 6.11. The minimum atomic E-state index is 0.0476. The third-order valence-electron chi connectivity index (χ3n) is 6.38. The van der Waals surface area contributed by atoms with Crippen LogP contribution in [0.1, 0.15) is 61.3 Å². The number of amides is 1. The number of fused-ring (bicyclic) bond motifs is 3. The Labute approximate surface area is 201 Å². The highest BCUT2D eigenvalue weighted by atomic mass is 32.1. The molecule has 1 aliphatic heterocycles. The van der Waals surface area contributed by atoms with Gasteiger partial charge in [-0.2, -0.15) is 0 Å². The Kier molecular flexibility index (Phi) is 7.24. The summed E-state index contributed by atoms with van der Waals surface area (Å²) in [4.78, 5) is 31.7.